The first kappa shape index (κ1) is 12.4. The lowest BCUT2D eigenvalue weighted by Gasteiger charge is -2.46. The summed E-state index contributed by atoms with van der Waals surface area (Å²) >= 11 is 0. The standard InChI is InChI=1S/C14H28N2/c1-13(8-9-13)14(2,12-15)16-10-6-4-3-5-7-11-16/h3-12,15H2,1-2H3. The predicted octanol–water partition coefficient (Wildman–Crippen LogP) is 2.77. The zero-order chi connectivity index (χ0) is 11.6. The number of likely N-dealkylation sites (tertiary alicyclic amines) is 1. The van der Waals surface area contributed by atoms with Gasteiger partial charge < -0.3 is 5.73 Å². The normalized spacial score (nSPS) is 30.2. The van der Waals surface area contributed by atoms with Crippen LogP contribution in [0.2, 0.25) is 0 Å². The minimum absolute atomic E-state index is 0.254. The lowest BCUT2D eigenvalue weighted by molar-refractivity contribution is 0.0405. The average Bonchev–Trinajstić information content (AvgIpc) is 2.96. The highest BCUT2D eigenvalue weighted by Gasteiger charge is 2.54. The molecule has 1 saturated carbocycles. The van der Waals surface area contributed by atoms with Gasteiger partial charge in [-0.3, -0.25) is 4.90 Å². The van der Waals surface area contributed by atoms with Gasteiger partial charge in [-0.1, -0.05) is 26.2 Å². The topological polar surface area (TPSA) is 29.3 Å². The maximum Gasteiger partial charge on any atom is 0.0357 e. The van der Waals surface area contributed by atoms with Gasteiger partial charge in [0.25, 0.3) is 0 Å². The van der Waals surface area contributed by atoms with E-state index in [2.05, 4.69) is 18.7 Å². The first-order valence-electron chi connectivity index (χ1n) is 7.07. The fourth-order valence-electron chi connectivity index (χ4n) is 3.22. The summed E-state index contributed by atoms with van der Waals surface area (Å²) in [6.07, 6.45) is 9.73. The third kappa shape index (κ3) is 2.14. The SMILES string of the molecule is CC1(C(C)(CN)N2CCCCCCC2)CC1. The van der Waals surface area contributed by atoms with Gasteiger partial charge in [0.1, 0.15) is 0 Å². The first-order chi connectivity index (χ1) is 7.62. The zero-order valence-electron chi connectivity index (χ0n) is 11.1. The summed E-state index contributed by atoms with van der Waals surface area (Å²) in [6, 6.07) is 0. The van der Waals surface area contributed by atoms with Crippen molar-refractivity contribution in [2.75, 3.05) is 19.6 Å². The van der Waals surface area contributed by atoms with Crippen LogP contribution in [0, 0.1) is 5.41 Å². The van der Waals surface area contributed by atoms with Crippen molar-refractivity contribution in [1.82, 2.24) is 4.90 Å². The molecule has 16 heavy (non-hydrogen) atoms. The van der Waals surface area contributed by atoms with Gasteiger partial charge in [-0.2, -0.15) is 0 Å². The van der Waals surface area contributed by atoms with Crippen molar-refractivity contribution in [3.8, 4) is 0 Å². The van der Waals surface area contributed by atoms with Crippen LogP contribution in [0.15, 0.2) is 0 Å². The van der Waals surface area contributed by atoms with Crippen LogP contribution in [0.4, 0.5) is 0 Å². The van der Waals surface area contributed by atoms with E-state index in [4.69, 9.17) is 5.73 Å². The Balaban J connectivity index is 2.06. The molecule has 1 saturated heterocycles. The molecule has 2 rings (SSSR count). The van der Waals surface area contributed by atoms with Crippen LogP contribution in [0.25, 0.3) is 0 Å². The Morgan fingerprint density at radius 2 is 1.56 bits per heavy atom. The van der Waals surface area contributed by atoms with Crippen molar-refractivity contribution in [2.24, 2.45) is 11.1 Å². The molecule has 0 bridgehead atoms. The molecular formula is C14H28N2. The van der Waals surface area contributed by atoms with Gasteiger partial charge in [0.05, 0.1) is 0 Å². The minimum atomic E-state index is 0.254. The highest BCUT2D eigenvalue weighted by atomic mass is 15.2. The van der Waals surface area contributed by atoms with E-state index >= 15 is 0 Å². The molecule has 94 valence electrons. The quantitative estimate of drug-likeness (QED) is 0.798. The Morgan fingerprint density at radius 1 is 1.06 bits per heavy atom. The lowest BCUT2D eigenvalue weighted by Crippen LogP contribution is -2.57. The van der Waals surface area contributed by atoms with Crippen LogP contribution >= 0.6 is 0 Å². The van der Waals surface area contributed by atoms with Gasteiger partial charge in [-0.25, -0.2) is 0 Å². The van der Waals surface area contributed by atoms with Crippen LogP contribution in [0.3, 0.4) is 0 Å². The number of hydrogen-bond donors (Lipinski definition) is 1. The lowest BCUT2D eigenvalue weighted by atomic mass is 9.81. The molecule has 1 aliphatic carbocycles. The first-order valence-corrected chi connectivity index (χ1v) is 7.07. The van der Waals surface area contributed by atoms with E-state index in [1.54, 1.807) is 0 Å². The predicted molar refractivity (Wildman–Crippen MR) is 69.5 cm³/mol. The highest BCUT2D eigenvalue weighted by Crippen LogP contribution is 2.55. The molecule has 0 spiro atoms. The van der Waals surface area contributed by atoms with Crippen molar-refractivity contribution in [3.63, 3.8) is 0 Å². The Bertz CT molecular complexity index is 227. The summed E-state index contributed by atoms with van der Waals surface area (Å²) in [6.45, 7) is 8.19. The molecule has 0 aromatic heterocycles. The van der Waals surface area contributed by atoms with Gasteiger partial charge in [-0.05, 0) is 51.1 Å². The van der Waals surface area contributed by atoms with E-state index in [0.29, 0.717) is 5.41 Å². The van der Waals surface area contributed by atoms with Crippen LogP contribution < -0.4 is 5.73 Å². The van der Waals surface area contributed by atoms with E-state index in [9.17, 15) is 0 Å². The van der Waals surface area contributed by atoms with Gasteiger partial charge in [0.2, 0.25) is 0 Å². The van der Waals surface area contributed by atoms with Crippen molar-refractivity contribution in [1.29, 1.82) is 0 Å². The molecule has 0 aromatic carbocycles. The molecule has 0 aromatic rings. The van der Waals surface area contributed by atoms with Crippen molar-refractivity contribution >= 4 is 0 Å². The second kappa shape index (κ2) is 4.66. The number of rotatable bonds is 3. The fraction of sp³-hybridized carbons (Fsp3) is 1.00. The monoisotopic (exact) mass is 224 g/mol. The zero-order valence-corrected chi connectivity index (χ0v) is 11.1. The number of nitrogens with two attached hydrogens (primary N) is 1. The maximum atomic E-state index is 6.11. The molecule has 0 radical (unpaired) electrons. The highest BCUT2D eigenvalue weighted by molar-refractivity contribution is 5.09. The van der Waals surface area contributed by atoms with Gasteiger partial charge >= 0.3 is 0 Å². The molecule has 1 aliphatic heterocycles. The second-order valence-corrected chi connectivity index (χ2v) is 6.29. The summed E-state index contributed by atoms with van der Waals surface area (Å²) in [7, 11) is 0. The molecule has 2 aliphatic rings. The molecule has 2 heteroatoms. The van der Waals surface area contributed by atoms with E-state index in [-0.39, 0.29) is 5.54 Å². The smallest absolute Gasteiger partial charge is 0.0357 e. The van der Waals surface area contributed by atoms with E-state index < -0.39 is 0 Å². The minimum Gasteiger partial charge on any atom is -0.329 e. The molecule has 2 nitrogen and oxygen atoms in total. The molecular weight excluding hydrogens is 196 g/mol. The molecule has 2 fully saturated rings. The second-order valence-electron chi connectivity index (χ2n) is 6.29. The molecule has 1 atom stereocenters. The number of hydrogen-bond acceptors (Lipinski definition) is 2. The molecule has 1 unspecified atom stereocenters. The number of nitrogens with zero attached hydrogens (tertiary/aromatic N) is 1. The van der Waals surface area contributed by atoms with E-state index in [1.165, 1.54) is 58.0 Å². The van der Waals surface area contributed by atoms with Crippen LogP contribution in [-0.4, -0.2) is 30.1 Å². The Kier molecular flexibility index (Phi) is 3.60. The van der Waals surface area contributed by atoms with Crippen molar-refractivity contribution < 1.29 is 0 Å². The summed E-state index contributed by atoms with van der Waals surface area (Å²) in [5.41, 5.74) is 6.87. The van der Waals surface area contributed by atoms with E-state index in [0.717, 1.165) is 6.54 Å². The largest absolute Gasteiger partial charge is 0.329 e. The van der Waals surface area contributed by atoms with Crippen molar-refractivity contribution in [2.45, 2.75) is 64.3 Å². The Morgan fingerprint density at radius 3 is 2.00 bits per heavy atom. The Hall–Kier alpha value is -0.0800. The summed E-state index contributed by atoms with van der Waals surface area (Å²) < 4.78 is 0. The van der Waals surface area contributed by atoms with E-state index in [1.807, 2.05) is 0 Å². The third-order valence-corrected chi connectivity index (χ3v) is 5.25. The van der Waals surface area contributed by atoms with Gasteiger partial charge in [0.15, 0.2) is 0 Å². The average molecular weight is 224 g/mol. The van der Waals surface area contributed by atoms with Crippen LogP contribution in [0.1, 0.15) is 58.8 Å². The third-order valence-electron chi connectivity index (χ3n) is 5.25. The molecule has 1 heterocycles. The van der Waals surface area contributed by atoms with Crippen molar-refractivity contribution in [3.05, 3.63) is 0 Å². The summed E-state index contributed by atoms with van der Waals surface area (Å²) in [5.74, 6) is 0. The van der Waals surface area contributed by atoms with Gasteiger partial charge in [-0.15, -0.1) is 0 Å². The van der Waals surface area contributed by atoms with Crippen LogP contribution in [-0.2, 0) is 0 Å². The summed E-state index contributed by atoms with van der Waals surface area (Å²) in [4.78, 5) is 2.71. The Labute approximate surface area is 101 Å². The fourth-order valence-corrected chi connectivity index (χ4v) is 3.22. The molecule has 2 N–H and O–H groups in total. The van der Waals surface area contributed by atoms with Gasteiger partial charge in [0, 0.05) is 12.1 Å². The maximum absolute atomic E-state index is 6.11. The summed E-state index contributed by atoms with van der Waals surface area (Å²) in [5, 5.41) is 0. The van der Waals surface area contributed by atoms with Crippen LogP contribution in [0.5, 0.6) is 0 Å². The molecule has 0 amide bonds.